The molecule has 2 aromatic rings. The highest BCUT2D eigenvalue weighted by Gasteiger charge is 2.17. The van der Waals surface area contributed by atoms with E-state index in [-0.39, 0.29) is 17.7 Å². The first-order valence-electron chi connectivity index (χ1n) is 8.95. The molecule has 0 aliphatic rings. The second-order valence-electron chi connectivity index (χ2n) is 7.03. The van der Waals surface area contributed by atoms with Crippen molar-refractivity contribution in [2.45, 2.75) is 46.5 Å². The quantitative estimate of drug-likeness (QED) is 0.691. The van der Waals surface area contributed by atoms with Gasteiger partial charge in [-0.1, -0.05) is 36.7 Å². The molecule has 1 N–H and O–H groups in total. The van der Waals surface area contributed by atoms with E-state index in [4.69, 9.17) is 9.47 Å². The number of anilines is 1. The molecule has 0 radical (unpaired) electrons. The van der Waals surface area contributed by atoms with E-state index < -0.39 is 0 Å². The van der Waals surface area contributed by atoms with Crippen LogP contribution in [0.2, 0.25) is 0 Å². The summed E-state index contributed by atoms with van der Waals surface area (Å²) in [6.07, 6.45) is 3.45. The molecule has 0 aliphatic carbocycles. The van der Waals surface area contributed by atoms with Crippen LogP contribution in [0.4, 0.5) is 5.69 Å². The average Bonchev–Trinajstić information content (AvgIpc) is 2.59. The van der Waals surface area contributed by atoms with E-state index in [0.29, 0.717) is 30.4 Å². The number of hydrogen-bond acceptors (Lipinski definition) is 5. The lowest BCUT2D eigenvalue weighted by atomic mass is 9.96. The fourth-order valence-electron chi connectivity index (χ4n) is 2.41. The highest BCUT2D eigenvalue weighted by atomic mass is 79.9. The van der Waals surface area contributed by atoms with Crippen LogP contribution in [0.5, 0.6) is 11.5 Å². The molecule has 2 rings (SSSR count). The number of benzene rings is 1. The molecule has 146 valence electrons. The van der Waals surface area contributed by atoms with Crippen molar-refractivity contribution in [2.24, 2.45) is 0 Å². The second kappa shape index (κ2) is 9.17. The number of halogens is 1. The minimum atomic E-state index is -0.158. The van der Waals surface area contributed by atoms with Crippen molar-refractivity contribution < 1.29 is 14.3 Å². The summed E-state index contributed by atoms with van der Waals surface area (Å²) in [4.78, 5) is 21.1. The molecule has 0 fully saturated rings. The molecule has 0 spiro atoms. The predicted molar refractivity (Wildman–Crippen MR) is 110 cm³/mol. The summed E-state index contributed by atoms with van der Waals surface area (Å²) in [7, 11) is 0. The summed E-state index contributed by atoms with van der Waals surface area (Å²) in [6.45, 7) is 11.0. The minimum absolute atomic E-state index is 0.134. The molecule has 0 saturated heterocycles. The summed E-state index contributed by atoms with van der Waals surface area (Å²) in [5.41, 5.74) is 1.25. The Hall–Kier alpha value is -2.15. The normalized spacial score (nSPS) is 11.2. The maximum absolute atomic E-state index is 12.4. The number of nitrogens with one attached hydrogen (secondary N) is 1. The highest BCUT2D eigenvalue weighted by Crippen LogP contribution is 2.34. The maximum Gasteiger partial charge on any atom is 0.228 e. The molecular weight excluding hydrogens is 410 g/mol. The van der Waals surface area contributed by atoms with Gasteiger partial charge in [0.15, 0.2) is 11.5 Å². The molecule has 1 aromatic carbocycles. The number of aromatic nitrogens is 2. The Morgan fingerprint density at radius 3 is 2.15 bits per heavy atom. The molecule has 1 aromatic heterocycles. The van der Waals surface area contributed by atoms with Gasteiger partial charge in [-0.2, -0.15) is 0 Å². The van der Waals surface area contributed by atoms with E-state index in [1.165, 1.54) is 0 Å². The van der Waals surface area contributed by atoms with Crippen molar-refractivity contribution in [3.05, 3.63) is 40.4 Å². The van der Waals surface area contributed by atoms with Gasteiger partial charge >= 0.3 is 0 Å². The first-order valence-corrected chi connectivity index (χ1v) is 9.74. The van der Waals surface area contributed by atoms with Crippen LogP contribution in [0.25, 0.3) is 0 Å². The largest absolute Gasteiger partial charge is 0.490 e. The zero-order valence-corrected chi connectivity index (χ0v) is 18.0. The van der Waals surface area contributed by atoms with Crippen LogP contribution in [-0.4, -0.2) is 29.1 Å². The first-order chi connectivity index (χ1) is 12.7. The van der Waals surface area contributed by atoms with E-state index in [1.54, 1.807) is 12.4 Å². The lowest BCUT2D eigenvalue weighted by molar-refractivity contribution is -0.115. The first kappa shape index (κ1) is 21.2. The number of carbonyl (C=O) groups is 1. The van der Waals surface area contributed by atoms with Gasteiger partial charge in [-0.15, -0.1) is 0 Å². The number of nitrogens with zero attached hydrogens (tertiary/aromatic N) is 2. The predicted octanol–water partition coefficient (Wildman–Crippen LogP) is 4.52. The Morgan fingerprint density at radius 2 is 1.63 bits per heavy atom. The number of hydrogen-bond donors (Lipinski definition) is 1. The van der Waals surface area contributed by atoms with Gasteiger partial charge in [-0.25, -0.2) is 9.97 Å². The molecule has 0 atom stereocenters. The van der Waals surface area contributed by atoms with E-state index in [9.17, 15) is 4.79 Å². The SMILES string of the molecule is CCOc1cc(Br)c(CC(=O)Nc2cnc(C(C)(C)C)nc2)cc1OCC. The van der Waals surface area contributed by atoms with E-state index in [0.717, 1.165) is 15.9 Å². The summed E-state index contributed by atoms with van der Waals surface area (Å²) in [5, 5.41) is 2.83. The van der Waals surface area contributed by atoms with Crippen LogP contribution in [-0.2, 0) is 16.6 Å². The van der Waals surface area contributed by atoms with Gasteiger partial charge in [0, 0.05) is 9.89 Å². The summed E-state index contributed by atoms with van der Waals surface area (Å²) < 4.78 is 12.0. The Bertz CT molecular complexity index is 786. The van der Waals surface area contributed by atoms with Crippen LogP contribution in [0.15, 0.2) is 29.0 Å². The Kier molecular flexibility index (Phi) is 7.18. The third kappa shape index (κ3) is 5.92. The molecule has 6 nitrogen and oxygen atoms in total. The van der Waals surface area contributed by atoms with Crippen molar-refractivity contribution in [2.75, 3.05) is 18.5 Å². The van der Waals surface area contributed by atoms with Gasteiger partial charge in [0.25, 0.3) is 0 Å². The van der Waals surface area contributed by atoms with Crippen LogP contribution < -0.4 is 14.8 Å². The fourth-order valence-corrected chi connectivity index (χ4v) is 2.87. The zero-order valence-electron chi connectivity index (χ0n) is 16.4. The smallest absolute Gasteiger partial charge is 0.228 e. The molecule has 0 aliphatic heterocycles. The molecule has 27 heavy (non-hydrogen) atoms. The van der Waals surface area contributed by atoms with Crippen molar-refractivity contribution in [3.8, 4) is 11.5 Å². The van der Waals surface area contributed by atoms with Gasteiger partial charge in [-0.3, -0.25) is 4.79 Å². The summed E-state index contributed by atoms with van der Waals surface area (Å²) in [5.74, 6) is 1.86. The molecule has 0 bridgehead atoms. The number of ether oxygens (including phenoxy) is 2. The lowest BCUT2D eigenvalue weighted by Crippen LogP contribution is -2.18. The zero-order chi connectivity index (χ0) is 20.0. The van der Waals surface area contributed by atoms with E-state index in [1.807, 2.05) is 46.8 Å². The monoisotopic (exact) mass is 435 g/mol. The summed E-state index contributed by atoms with van der Waals surface area (Å²) in [6, 6.07) is 3.66. The average molecular weight is 436 g/mol. The highest BCUT2D eigenvalue weighted by molar-refractivity contribution is 9.10. The van der Waals surface area contributed by atoms with Gasteiger partial charge in [0.2, 0.25) is 5.91 Å². The van der Waals surface area contributed by atoms with Crippen LogP contribution in [0.3, 0.4) is 0 Å². The molecule has 7 heteroatoms. The molecule has 0 saturated carbocycles. The third-order valence-corrected chi connectivity index (χ3v) is 4.41. The second-order valence-corrected chi connectivity index (χ2v) is 7.88. The van der Waals surface area contributed by atoms with Crippen molar-refractivity contribution in [3.63, 3.8) is 0 Å². The van der Waals surface area contributed by atoms with Crippen molar-refractivity contribution >= 4 is 27.5 Å². The van der Waals surface area contributed by atoms with Crippen LogP contribution in [0, 0.1) is 0 Å². The molecule has 1 amide bonds. The van der Waals surface area contributed by atoms with Crippen LogP contribution >= 0.6 is 15.9 Å². The van der Waals surface area contributed by atoms with E-state index >= 15 is 0 Å². The van der Waals surface area contributed by atoms with Crippen molar-refractivity contribution in [1.82, 2.24) is 9.97 Å². The van der Waals surface area contributed by atoms with E-state index in [2.05, 4.69) is 31.2 Å². The van der Waals surface area contributed by atoms with Gasteiger partial charge in [-0.05, 0) is 31.5 Å². The maximum atomic E-state index is 12.4. The lowest BCUT2D eigenvalue weighted by Gasteiger charge is -2.16. The van der Waals surface area contributed by atoms with Crippen LogP contribution in [0.1, 0.15) is 46.0 Å². The van der Waals surface area contributed by atoms with Gasteiger partial charge in [0.1, 0.15) is 5.82 Å². The topological polar surface area (TPSA) is 73.3 Å². The number of amides is 1. The van der Waals surface area contributed by atoms with Gasteiger partial charge in [0.05, 0.1) is 37.7 Å². The Morgan fingerprint density at radius 1 is 1.07 bits per heavy atom. The van der Waals surface area contributed by atoms with Gasteiger partial charge < -0.3 is 14.8 Å². The minimum Gasteiger partial charge on any atom is -0.490 e. The fraction of sp³-hybridized carbons (Fsp3) is 0.450. The standard InChI is InChI=1S/C20H26BrN3O3/c1-6-26-16-8-13(15(21)10-17(16)27-7-2)9-18(25)24-14-11-22-19(23-12-14)20(3,4)5/h8,10-12H,6-7,9H2,1-5H3,(H,24,25). The van der Waals surface area contributed by atoms with Crippen molar-refractivity contribution in [1.29, 1.82) is 0 Å². The Balaban J connectivity index is 2.11. The third-order valence-electron chi connectivity index (χ3n) is 3.67. The number of rotatable bonds is 7. The number of carbonyl (C=O) groups excluding carboxylic acids is 1. The summed E-state index contributed by atoms with van der Waals surface area (Å²) >= 11 is 3.51. The molecule has 1 heterocycles. The molecular formula is C20H26BrN3O3. The Labute approximate surface area is 168 Å². The molecule has 0 unspecified atom stereocenters.